The topological polar surface area (TPSA) is 97.1 Å². The van der Waals surface area contributed by atoms with Gasteiger partial charge in [-0.05, 0) is 26.2 Å². The maximum absolute atomic E-state index is 13.2. The van der Waals surface area contributed by atoms with Gasteiger partial charge < -0.3 is 9.47 Å². The lowest BCUT2D eigenvalue weighted by molar-refractivity contribution is -0.701. The molecule has 0 N–H and O–H groups in total. The summed E-state index contributed by atoms with van der Waals surface area (Å²) >= 11 is 1.09. The van der Waals surface area contributed by atoms with E-state index in [1.165, 1.54) is 95.8 Å². The first-order valence-corrected chi connectivity index (χ1v) is 19.2. The predicted octanol–water partition coefficient (Wildman–Crippen LogP) is 8.60. The van der Waals surface area contributed by atoms with Gasteiger partial charge in [0, 0.05) is 44.4 Å². The van der Waals surface area contributed by atoms with Gasteiger partial charge in [-0.15, -0.1) is 0 Å². The van der Waals surface area contributed by atoms with Gasteiger partial charge in [-0.2, -0.15) is 0 Å². The number of nitrogens with zero attached hydrogens (tertiary/aromatic N) is 3. The lowest BCUT2D eigenvalue weighted by Crippen LogP contribution is -2.44. The van der Waals surface area contributed by atoms with Crippen molar-refractivity contribution in [1.29, 1.82) is 0 Å². The maximum atomic E-state index is 13.2. The quantitative estimate of drug-likeness (QED) is 0.0896. The average molecular weight is 677 g/mol. The fourth-order valence-electron chi connectivity index (χ4n) is 5.98. The van der Waals surface area contributed by atoms with E-state index in [1.54, 1.807) is 0 Å². The van der Waals surface area contributed by atoms with Crippen LogP contribution in [0.4, 0.5) is 9.59 Å². The lowest BCUT2D eigenvalue weighted by atomic mass is 10.0. The van der Waals surface area contributed by atoms with Gasteiger partial charge in [0.2, 0.25) is 17.5 Å². The molecule has 2 atom stereocenters. The van der Waals surface area contributed by atoms with Crippen LogP contribution in [0, 0.1) is 0 Å². The Morgan fingerprint density at radius 3 is 1.96 bits per heavy atom. The number of pyridine rings is 1. The van der Waals surface area contributed by atoms with E-state index < -0.39 is 18.1 Å². The molecular formula is C37H62N3O6S+. The normalized spacial score (nSPS) is 16.1. The third kappa shape index (κ3) is 16.5. The molecule has 0 aromatic carbocycles. The molecule has 9 nitrogen and oxygen atoms in total. The summed E-state index contributed by atoms with van der Waals surface area (Å²) in [5, 5.41) is -0.539. The third-order valence-corrected chi connectivity index (χ3v) is 10.1. The van der Waals surface area contributed by atoms with E-state index in [9.17, 15) is 19.2 Å². The van der Waals surface area contributed by atoms with E-state index >= 15 is 0 Å². The summed E-state index contributed by atoms with van der Waals surface area (Å²) in [6.07, 6.45) is 21.1. The number of carbonyl (C=O) groups excluding carboxylic acids is 4. The average Bonchev–Trinajstić information content (AvgIpc) is 3.06. The largest absolute Gasteiger partial charge is 0.446 e. The van der Waals surface area contributed by atoms with Crippen molar-refractivity contribution < 1.29 is 33.2 Å². The van der Waals surface area contributed by atoms with Crippen molar-refractivity contribution in [3.05, 3.63) is 30.1 Å². The third-order valence-electron chi connectivity index (χ3n) is 8.88. The minimum absolute atomic E-state index is 0.0742. The summed E-state index contributed by atoms with van der Waals surface area (Å²) in [4.78, 5) is 53.3. The zero-order valence-electron chi connectivity index (χ0n) is 29.7. The van der Waals surface area contributed by atoms with Crippen molar-refractivity contribution in [2.45, 2.75) is 161 Å². The molecule has 0 aliphatic carbocycles. The van der Waals surface area contributed by atoms with Gasteiger partial charge >= 0.3 is 6.09 Å². The van der Waals surface area contributed by atoms with Crippen LogP contribution < -0.4 is 4.57 Å². The molecule has 1 aromatic heterocycles. The molecule has 1 aromatic rings. The second-order valence-corrected chi connectivity index (χ2v) is 13.9. The Hall–Kier alpha value is -2.46. The molecule has 2 rings (SSSR count). The molecule has 0 spiro atoms. The van der Waals surface area contributed by atoms with Gasteiger partial charge in [-0.3, -0.25) is 19.3 Å². The van der Waals surface area contributed by atoms with E-state index in [4.69, 9.17) is 9.47 Å². The number of aryl methyl sites for hydroxylation is 1. The second-order valence-electron chi connectivity index (χ2n) is 12.8. The fraction of sp³-hybridized carbons (Fsp3) is 0.757. The molecule has 266 valence electrons. The number of thioether (sulfide) groups is 1. The fourth-order valence-corrected chi connectivity index (χ4v) is 7.18. The number of hydrogen-bond donors (Lipinski definition) is 0. The molecule has 0 unspecified atom stereocenters. The molecule has 0 saturated carbocycles. The molecule has 1 aliphatic heterocycles. The minimum Gasteiger partial charge on any atom is -0.446 e. The second kappa shape index (κ2) is 24.6. The highest BCUT2D eigenvalue weighted by atomic mass is 32.2. The van der Waals surface area contributed by atoms with Crippen LogP contribution in [0.15, 0.2) is 24.4 Å². The Labute approximate surface area is 288 Å². The lowest BCUT2D eigenvalue weighted by Gasteiger charge is -2.32. The predicted molar refractivity (Wildman–Crippen MR) is 188 cm³/mol. The van der Waals surface area contributed by atoms with Crippen molar-refractivity contribution in [3.63, 3.8) is 0 Å². The number of carbonyl (C=O) groups is 4. The Balaban J connectivity index is 1.71. The van der Waals surface area contributed by atoms with Crippen molar-refractivity contribution in [2.24, 2.45) is 0 Å². The summed E-state index contributed by atoms with van der Waals surface area (Å²) < 4.78 is 13.4. The standard InChI is InChI=1S/C37H62N3O6S/c1-5-7-8-9-10-11-12-13-14-15-16-17-18-19-21-27-39(31(3)41)37(44)47-35-25-23-28-45-34(35)30-46-36(43)40(32(4)42)29-33-24-20-22-26-38(33)6-2/h20,22,24,26,34-35H,5-19,21,23,25,27-30H2,1-4H3/q+1/t34-,35-/m0/s1. The van der Waals surface area contributed by atoms with Crippen LogP contribution in [0.1, 0.15) is 143 Å². The summed E-state index contributed by atoms with van der Waals surface area (Å²) in [5.41, 5.74) is 0.813. The zero-order chi connectivity index (χ0) is 34.3. The first-order valence-electron chi connectivity index (χ1n) is 18.3. The Bertz CT molecular complexity index is 1070. The van der Waals surface area contributed by atoms with Crippen LogP contribution >= 0.6 is 11.8 Å². The van der Waals surface area contributed by atoms with Crippen molar-refractivity contribution in [2.75, 3.05) is 19.8 Å². The summed E-state index contributed by atoms with van der Waals surface area (Å²) in [6.45, 7) is 8.67. The highest BCUT2D eigenvalue weighted by Crippen LogP contribution is 2.29. The molecule has 2 heterocycles. The van der Waals surface area contributed by atoms with Crippen LogP contribution in [-0.4, -0.2) is 64.1 Å². The van der Waals surface area contributed by atoms with Crippen LogP contribution in [0.3, 0.4) is 0 Å². The van der Waals surface area contributed by atoms with E-state index in [1.807, 2.05) is 35.9 Å². The highest BCUT2D eigenvalue weighted by molar-refractivity contribution is 8.14. The Kier molecular flexibility index (Phi) is 21.4. The molecule has 47 heavy (non-hydrogen) atoms. The van der Waals surface area contributed by atoms with Gasteiger partial charge in [0.25, 0.3) is 5.24 Å². The monoisotopic (exact) mass is 676 g/mol. The van der Waals surface area contributed by atoms with Crippen LogP contribution in [0.5, 0.6) is 0 Å². The van der Waals surface area contributed by atoms with E-state index in [0.717, 1.165) is 48.0 Å². The number of ether oxygens (including phenoxy) is 2. The van der Waals surface area contributed by atoms with E-state index in [-0.39, 0.29) is 29.5 Å². The number of rotatable bonds is 22. The highest BCUT2D eigenvalue weighted by Gasteiger charge is 2.33. The van der Waals surface area contributed by atoms with E-state index in [0.29, 0.717) is 26.1 Å². The smallest absolute Gasteiger partial charge is 0.417 e. The van der Waals surface area contributed by atoms with Crippen molar-refractivity contribution in [3.8, 4) is 0 Å². The molecule has 0 bridgehead atoms. The molecule has 0 radical (unpaired) electrons. The van der Waals surface area contributed by atoms with Crippen molar-refractivity contribution >= 4 is 34.9 Å². The summed E-state index contributed by atoms with van der Waals surface area (Å²) in [5.74, 6) is -0.669. The van der Waals surface area contributed by atoms with Gasteiger partial charge in [-0.1, -0.05) is 115 Å². The minimum atomic E-state index is -0.744. The van der Waals surface area contributed by atoms with Gasteiger partial charge in [0.05, 0.1) is 0 Å². The molecule has 1 fully saturated rings. The van der Waals surface area contributed by atoms with Gasteiger partial charge in [0.15, 0.2) is 6.20 Å². The van der Waals surface area contributed by atoms with Crippen LogP contribution in [0.25, 0.3) is 0 Å². The number of amides is 4. The maximum Gasteiger partial charge on any atom is 0.417 e. The zero-order valence-corrected chi connectivity index (χ0v) is 30.5. The molecule has 10 heteroatoms. The number of hydrogen-bond acceptors (Lipinski definition) is 7. The number of imide groups is 2. The molecule has 1 aliphatic rings. The molecular weight excluding hydrogens is 614 g/mol. The summed E-state index contributed by atoms with van der Waals surface area (Å²) in [7, 11) is 0. The first kappa shape index (κ1) is 40.7. The molecule has 4 amide bonds. The first-order chi connectivity index (χ1) is 22.8. The van der Waals surface area contributed by atoms with Crippen LogP contribution in [0.2, 0.25) is 0 Å². The Morgan fingerprint density at radius 2 is 1.40 bits per heavy atom. The Morgan fingerprint density at radius 1 is 0.830 bits per heavy atom. The van der Waals surface area contributed by atoms with Gasteiger partial charge in [-0.25, -0.2) is 14.3 Å². The van der Waals surface area contributed by atoms with Gasteiger partial charge in [0.1, 0.15) is 25.8 Å². The van der Waals surface area contributed by atoms with E-state index in [2.05, 4.69) is 6.92 Å². The van der Waals surface area contributed by atoms with Crippen LogP contribution in [-0.2, 0) is 32.2 Å². The van der Waals surface area contributed by atoms with Crippen molar-refractivity contribution in [1.82, 2.24) is 9.80 Å². The molecule has 1 saturated heterocycles. The number of unbranched alkanes of at least 4 members (excludes halogenated alkanes) is 14. The summed E-state index contributed by atoms with van der Waals surface area (Å²) in [6, 6.07) is 5.64. The number of aromatic nitrogens is 1. The SMILES string of the molecule is CCCCCCCCCCCCCCCCCN(C(C)=O)C(=O)S[C@H]1CCCO[C@H]1COC(=O)N(Cc1cccc[n+]1CC)C(C)=O.